The summed E-state index contributed by atoms with van der Waals surface area (Å²) in [5, 5.41) is 0. The fourth-order valence-electron chi connectivity index (χ4n) is 2.59. The van der Waals surface area contributed by atoms with Crippen molar-refractivity contribution in [2.75, 3.05) is 18.6 Å². The Bertz CT molecular complexity index is 822. The Morgan fingerprint density at radius 1 is 1.25 bits per heavy atom. The van der Waals surface area contributed by atoms with Gasteiger partial charge >= 0.3 is 0 Å². The number of carbonyl (C=O) groups excluding carboxylic acids is 1. The van der Waals surface area contributed by atoms with E-state index in [1.54, 1.807) is 42.3 Å². The number of methoxy groups -OCH3 is 1. The molecule has 3 rings (SSSR count). The third-order valence-electron chi connectivity index (χ3n) is 3.78. The number of aromatic nitrogens is 1. The van der Waals surface area contributed by atoms with Gasteiger partial charge in [0.2, 0.25) is 15.9 Å². The minimum absolute atomic E-state index is 0.0837. The molecular formula is C16H17N3O4S. The van der Waals surface area contributed by atoms with Crippen molar-refractivity contribution in [1.82, 2.24) is 9.71 Å². The van der Waals surface area contributed by atoms with Crippen LogP contribution in [0.4, 0.5) is 5.69 Å². The van der Waals surface area contributed by atoms with Crippen LogP contribution in [-0.4, -0.2) is 39.0 Å². The highest BCUT2D eigenvalue weighted by Gasteiger charge is 2.33. The lowest BCUT2D eigenvalue weighted by Gasteiger charge is -2.17. The quantitative estimate of drug-likeness (QED) is 0.877. The number of ether oxygens (including phenoxy) is 1. The number of benzene rings is 1. The summed E-state index contributed by atoms with van der Waals surface area (Å²) in [6, 6.07) is 9.60. The van der Waals surface area contributed by atoms with Gasteiger partial charge in [-0.1, -0.05) is 0 Å². The highest BCUT2D eigenvalue weighted by atomic mass is 32.2. The van der Waals surface area contributed by atoms with Crippen LogP contribution in [0, 0.1) is 0 Å². The minimum Gasteiger partial charge on any atom is -0.497 e. The number of nitrogens with zero attached hydrogens (tertiary/aromatic N) is 2. The molecule has 1 N–H and O–H groups in total. The molecule has 1 aromatic carbocycles. The predicted molar refractivity (Wildman–Crippen MR) is 88.3 cm³/mol. The van der Waals surface area contributed by atoms with Crippen molar-refractivity contribution in [2.45, 2.75) is 17.4 Å². The van der Waals surface area contributed by atoms with Crippen LogP contribution >= 0.6 is 0 Å². The maximum atomic E-state index is 12.3. The monoisotopic (exact) mass is 347 g/mol. The Hall–Kier alpha value is -2.45. The van der Waals surface area contributed by atoms with E-state index in [1.807, 2.05) is 0 Å². The lowest BCUT2D eigenvalue weighted by atomic mass is 10.3. The standard InChI is InChI=1S/C16H17N3O4S/c1-23-14-6-4-13(5-7-14)19-11-12(9-16(19)20)18-24(21,22)15-3-2-8-17-10-15/h2-8,10,12,18H,9,11H2,1H3. The number of carbonyl (C=O) groups is 1. The number of sulfonamides is 1. The maximum absolute atomic E-state index is 12.3. The zero-order valence-electron chi connectivity index (χ0n) is 13.0. The first-order chi connectivity index (χ1) is 11.5. The van der Waals surface area contributed by atoms with Crippen molar-refractivity contribution in [3.63, 3.8) is 0 Å². The van der Waals surface area contributed by atoms with E-state index in [-0.39, 0.29) is 23.8 Å². The van der Waals surface area contributed by atoms with Gasteiger partial charge in [-0.3, -0.25) is 9.78 Å². The van der Waals surface area contributed by atoms with Crippen LogP contribution < -0.4 is 14.4 Å². The van der Waals surface area contributed by atoms with Crippen LogP contribution in [0.1, 0.15) is 6.42 Å². The van der Waals surface area contributed by atoms with Crippen molar-refractivity contribution in [3.05, 3.63) is 48.8 Å². The molecular weight excluding hydrogens is 330 g/mol. The lowest BCUT2D eigenvalue weighted by molar-refractivity contribution is -0.117. The zero-order valence-corrected chi connectivity index (χ0v) is 13.9. The third-order valence-corrected chi connectivity index (χ3v) is 5.28. The average Bonchev–Trinajstić information content (AvgIpc) is 2.95. The van der Waals surface area contributed by atoms with Crippen molar-refractivity contribution in [3.8, 4) is 5.75 Å². The fraction of sp³-hybridized carbons (Fsp3) is 0.250. The Balaban J connectivity index is 1.72. The normalized spacial score (nSPS) is 18.0. The summed E-state index contributed by atoms with van der Waals surface area (Å²) in [4.78, 5) is 17.7. The Morgan fingerprint density at radius 3 is 2.62 bits per heavy atom. The molecule has 1 aliphatic heterocycles. The second kappa shape index (κ2) is 6.58. The minimum atomic E-state index is -3.69. The van der Waals surface area contributed by atoms with E-state index in [0.29, 0.717) is 11.4 Å². The van der Waals surface area contributed by atoms with Gasteiger partial charge < -0.3 is 9.64 Å². The summed E-state index contributed by atoms with van der Waals surface area (Å²) in [6.45, 7) is 0.282. The molecule has 0 aliphatic carbocycles. The summed E-state index contributed by atoms with van der Waals surface area (Å²) in [6.07, 6.45) is 2.90. The summed E-state index contributed by atoms with van der Waals surface area (Å²) in [5.41, 5.74) is 0.712. The molecule has 1 aliphatic rings. The number of anilines is 1. The summed E-state index contributed by atoms with van der Waals surface area (Å²) < 4.78 is 32.3. The molecule has 2 heterocycles. The Kier molecular flexibility index (Phi) is 4.50. The Labute approximate surface area is 140 Å². The van der Waals surface area contributed by atoms with Crippen molar-refractivity contribution in [1.29, 1.82) is 0 Å². The molecule has 1 unspecified atom stereocenters. The van der Waals surface area contributed by atoms with Crippen molar-refractivity contribution < 1.29 is 17.9 Å². The first-order valence-electron chi connectivity index (χ1n) is 7.36. The second-order valence-corrected chi connectivity index (χ2v) is 7.13. The number of amides is 1. The smallest absolute Gasteiger partial charge is 0.242 e. The summed E-state index contributed by atoms with van der Waals surface area (Å²) in [5.74, 6) is 0.568. The van der Waals surface area contributed by atoms with E-state index < -0.39 is 16.1 Å². The number of rotatable bonds is 5. The van der Waals surface area contributed by atoms with E-state index in [9.17, 15) is 13.2 Å². The van der Waals surface area contributed by atoms with Gasteiger partial charge in [0.05, 0.1) is 7.11 Å². The van der Waals surface area contributed by atoms with Crippen LogP contribution in [-0.2, 0) is 14.8 Å². The molecule has 1 saturated heterocycles. The largest absolute Gasteiger partial charge is 0.497 e. The van der Waals surface area contributed by atoms with Crippen molar-refractivity contribution >= 4 is 21.6 Å². The molecule has 1 atom stereocenters. The van der Waals surface area contributed by atoms with Crippen LogP contribution in [0.15, 0.2) is 53.7 Å². The van der Waals surface area contributed by atoms with E-state index in [0.717, 1.165) is 0 Å². The van der Waals surface area contributed by atoms with Gasteiger partial charge in [-0.15, -0.1) is 0 Å². The SMILES string of the molecule is COc1ccc(N2CC(NS(=O)(=O)c3cccnc3)CC2=O)cc1. The molecule has 0 saturated carbocycles. The third kappa shape index (κ3) is 3.39. The van der Waals surface area contributed by atoms with E-state index in [1.165, 1.54) is 18.5 Å². The summed E-state index contributed by atoms with van der Waals surface area (Å²) >= 11 is 0. The van der Waals surface area contributed by atoms with E-state index >= 15 is 0 Å². The van der Waals surface area contributed by atoms with E-state index in [2.05, 4.69) is 9.71 Å². The topological polar surface area (TPSA) is 88.6 Å². The van der Waals surface area contributed by atoms with Crippen LogP contribution in [0.5, 0.6) is 5.75 Å². The molecule has 7 nitrogen and oxygen atoms in total. The van der Waals surface area contributed by atoms with Crippen molar-refractivity contribution in [2.24, 2.45) is 0 Å². The van der Waals surface area contributed by atoms with Gasteiger partial charge in [-0.2, -0.15) is 0 Å². The fourth-order valence-corrected chi connectivity index (χ4v) is 3.78. The zero-order chi connectivity index (χ0) is 17.2. The molecule has 0 radical (unpaired) electrons. The molecule has 2 aromatic rings. The predicted octanol–water partition coefficient (Wildman–Crippen LogP) is 1.17. The van der Waals surface area contributed by atoms with Crippen LogP contribution in [0.3, 0.4) is 0 Å². The van der Waals surface area contributed by atoms with Crippen LogP contribution in [0.25, 0.3) is 0 Å². The van der Waals surface area contributed by atoms with Crippen LogP contribution in [0.2, 0.25) is 0 Å². The number of hydrogen-bond acceptors (Lipinski definition) is 5. The lowest BCUT2D eigenvalue weighted by Crippen LogP contribution is -2.37. The van der Waals surface area contributed by atoms with Gasteiger partial charge in [-0.25, -0.2) is 13.1 Å². The first-order valence-corrected chi connectivity index (χ1v) is 8.85. The molecule has 8 heteroatoms. The Morgan fingerprint density at radius 2 is 2.00 bits per heavy atom. The van der Waals surface area contributed by atoms with Gasteiger partial charge in [0, 0.05) is 37.1 Å². The van der Waals surface area contributed by atoms with Gasteiger partial charge in [0.15, 0.2) is 0 Å². The number of nitrogens with one attached hydrogen (secondary N) is 1. The highest BCUT2D eigenvalue weighted by molar-refractivity contribution is 7.89. The van der Waals surface area contributed by atoms with E-state index in [4.69, 9.17) is 4.74 Å². The molecule has 1 amide bonds. The molecule has 0 spiro atoms. The molecule has 0 bridgehead atoms. The second-order valence-electron chi connectivity index (χ2n) is 5.41. The average molecular weight is 347 g/mol. The molecule has 1 aromatic heterocycles. The highest BCUT2D eigenvalue weighted by Crippen LogP contribution is 2.24. The number of hydrogen-bond donors (Lipinski definition) is 1. The number of pyridine rings is 1. The maximum Gasteiger partial charge on any atom is 0.242 e. The van der Waals surface area contributed by atoms with Gasteiger partial charge in [-0.05, 0) is 36.4 Å². The van der Waals surface area contributed by atoms with Gasteiger partial charge in [0.1, 0.15) is 10.6 Å². The van der Waals surface area contributed by atoms with Gasteiger partial charge in [0.25, 0.3) is 0 Å². The first kappa shape index (κ1) is 16.4. The summed E-state index contributed by atoms with van der Waals surface area (Å²) in [7, 11) is -2.13. The molecule has 1 fully saturated rings. The molecule has 24 heavy (non-hydrogen) atoms. The molecule has 126 valence electrons.